The number of aromatic nitrogens is 1. The van der Waals surface area contributed by atoms with E-state index in [1.807, 2.05) is 37.5 Å². The molecule has 156 valence electrons. The number of hydrogen-bond acceptors (Lipinski definition) is 4. The molecule has 2 aromatic rings. The topological polar surface area (TPSA) is 57.6 Å². The molecule has 1 amide bonds. The van der Waals surface area contributed by atoms with Crippen molar-refractivity contribution in [3.8, 4) is 0 Å². The fourth-order valence-corrected chi connectivity index (χ4v) is 3.23. The maximum absolute atomic E-state index is 12.1. The van der Waals surface area contributed by atoms with Crippen molar-refractivity contribution in [1.29, 1.82) is 0 Å². The van der Waals surface area contributed by atoms with Crippen molar-refractivity contribution in [1.82, 2.24) is 15.2 Å². The number of halogens is 2. The van der Waals surface area contributed by atoms with Crippen LogP contribution in [0.25, 0.3) is 0 Å². The lowest BCUT2D eigenvalue weighted by molar-refractivity contribution is 0.0938. The van der Waals surface area contributed by atoms with Gasteiger partial charge in [-0.3, -0.25) is 4.79 Å². The molecule has 0 radical (unpaired) electrons. The average Bonchev–Trinajstić information content (AvgIpc) is 3.04. The van der Waals surface area contributed by atoms with Gasteiger partial charge in [-0.25, -0.2) is 9.98 Å². The van der Waals surface area contributed by atoms with Gasteiger partial charge in [-0.2, -0.15) is 0 Å². The third-order valence-corrected chi connectivity index (χ3v) is 4.94. The van der Waals surface area contributed by atoms with E-state index in [0.717, 1.165) is 29.2 Å². The van der Waals surface area contributed by atoms with E-state index in [0.29, 0.717) is 5.69 Å². The molecule has 0 aliphatic rings. The third-order valence-electron chi connectivity index (χ3n) is 4.09. The Labute approximate surface area is 184 Å². The molecule has 0 aliphatic carbocycles. The zero-order valence-corrected chi connectivity index (χ0v) is 19.7. The summed E-state index contributed by atoms with van der Waals surface area (Å²) >= 11 is 1.53. The number of hydrogen-bond donors (Lipinski definition) is 1. The Morgan fingerprint density at radius 3 is 2.57 bits per heavy atom. The summed E-state index contributed by atoms with van der Waals surface area (Å²) in [6, 6.07) is 4.39. The summed E-state index contributed by atoms with van der Waals surface area (Å²) in [4.78, 5) is 23.2. The molecule has 2 rings (SSSR count). The van der Waals surface area contributed by atoms with Crippen molar-refractivity contribution in [3.63, 3.8) is 0 Å². The summed E-state index contributed by atoms with van der Waals surface area (Å²) < 4.78 is 0. The number of rotatable bonds is 7. The zero-order valence-electron chi connectivity index (χ0n) is 17.3. The van der Waals surface area contributed by atoms with Crippen LogP contribution in [0.4, 0.5) is 5.69 Å². The predicted molar refractivity (Wildman–Crippen MR) is 124 cm³/mol. The number of carbonyl (C=O) groups excluding carboxylic acids is 1. The number of amides is 1. The van der Waals surface area contributed by atoms with Gasteiger partial charge in [-0.1, -0.05) is 6.07 Å². The van der Waals surface area contributed by atoms with Crippen molar-refractivity contribution in [2.75, 3.05) is 13.6 Å². The van der Waals surface area contributed by atoms with E-state index in [1.54, 1.807) is 0 Å². The van der Waals surface area contributed by atoms with Gasteiger partial charge in [0.05, 0.1) is 17.0 Å². The highest BCUT2D eigenvalue weighted by Gasteiger charge is 2.13. The van der Waals surface area contributed by atoms with Crippen molar-refractivity contribution in [2.24, 2.45) is 4.99 Å². The summed E-state index contributed by atoms with van der Waals surface area (Å²) in [6.45, 7) is 11.1. The minimum Gasteiger partial charge on any atom is -0.366 e. The fourth-order valence-electron chi connectivity index (χ4n) is 2.43. The van der Waals surface area contributed by atoms with Crippen LogP contribution >= 0.6 is 36.2 Å². The van der Waals surface area contributed by atoms with Crippen LogP contribution in [0, 0.1) is 13.8 Å². The number of nitrogens with zero attached hydrogens (tertiary/aromatic N) is 3. The van der Waals surface area contributed by atoms with Crippen molar-refractivity contribution in [3.05, 3.63) is 44.9 Å². The summed E-state index contributed by atoms with van der Waals surface area (Å²) in [5, 5.41) is 5.65. The van der Waals surface area contributed by atoms with E-state index in [2.05, 4.69) is 48.2 Å². The second-order valence-corrected chi connectivity index (χ2v) is 7.76. The molecule has 0 bridgehead atoms. The van der Waals surface area contributed by atoms with Crippen LogP contribution in [-0.4, -0.2) is 41.8 Å². The lowest BCUT2D eigenvalue weighted by Gasteiger charge is -2.11. The average molecular weight is 445 g/mol. The van der Waals surface area contributed by atoms with Gasteiger partial charge in [0, 0.05) is 31.4 Å². The molecule has 0 spiro atoms. The maximum atomic E-state index is 12.1. The molecule has 5 nitrogen and oxygen atoms in total. The second kappa shape index (κ2) is 12.0. The van der Waals surface area contributed by atoms with Gasteiger partial charge in [-0.15, -0.1) is 36.2 Å². The van der Waals surface area contributed by atoms with Crippen LogP contribution in [0.1, 0.15) is 53.0 Å². The van der Waals surface area contributed by atoms with Gasteiger partial charge in [0.1, 0.15) is 5.69 Å². The van der Waals surface area contributed by atoms with E-state index in [4.69, 9.17) is 0 Å². The predicted octanol–water partition coefficient (Wildman–Crippen LogP) is 4.94. The molecule has 0 saturated carbocycles. The van der Waals surface area contributed by atoms with Gasteiger partial charge in [0.2, 0.25) is 0 Å². The van der Waals surface area contributed by atoms with E-state index in [9.17, 15) is 4.79 Å². The molecule has 0 saturated heterocycles. The van der Waals surface area contributed by atoms with Crippen LogP contribution in [0.5, 0.6) is 0 Å². The van der Waals surface area contributed by atoms with Crippen LogP contribution in [0.3, 0.4) is 0 Å². The van der Waals surface area contributed by atoms with Gasteiger partial charge in [0.25, 0.3) is 5.91 Å². The molecular weight excluding hydrogens is 415 g/mol. The molecule has 0 unspecified atom stereocenters. The van der Waals surface area contributed by atoms with Crippen molar-refractivity contribution >= 4 is 54.1 Å². The highest BCUT2D eigenvalue weighted by molar-refractivity contribution is 7.09. The molecule has 1 N–H and O–H groups in total. The van der Waals surface area contributed by atoms with Crippen molar-refractivity contribution < 1.29 is 4.79 Å². The maximum Gasteiger partial charge on any atom is 0.270 e. The van der Waals surface area contributed by atoms with E-state index in [1.165, 1.54) is 22.5 Å². The quantitative estimate of drug-likeness (QED) is 0.485. The van der Waals surface area contributed by atoms with Crippen LogP contribution in [0.2, 0.25) is 0 Å². The first-order valence-corrected chi connectivity index (χ1v) is 9.78. The molecule has 0 fully saturated rings. The second-order valence-electron chi connectivity index (χ2n) is 6.81. The first kappa shape index (κ1) is 26.4. The first-order chi connectivity index (χ1) is 12.3. The number of benzene rings is 1. The molecule has 8 heteroatoms. The van der Waals surface area contributed by atoms with Gasteiger partial charge >= 0.3 is 0 Å². The molecular formula is C20H30Cl2N4OS. The Hall–Kier alpha value is -1.63. The third kappa shape index (κ3) is 7.41. The molecule has 1 aromatic heterocycles. The number of thiazole rings is 1. The zero-order chi connectivity index (χ0) is 19.3. The smallest absolute Gasteiger partial charge is 0.270 e. The summed E-state index contributed by atoms with van der Waals surface area (Å²) in [7, 11) is 2.01. The largest absolute Gasteiger partial charge is 0.366 e. The normalized spacial score (nSPS) is 10.5. The lowest BCUT2D eigenvalue weighted by Crippen LogP contribution is -2.30. The number of carbonyl (C=O) groups is 1. The molecule has 1 aromatic carbocycles. The SMILES string of the molecule is CCN(C)C=Nc1cc(C)c(Cc2nc(C(=O)NC(C)C)cs2)cc1C.Cl.Cl. The highest BCUT2D eigenvalue weighted by Crippen LogP contribution is 2.25. The van der Waals surface area contributed by atoms with Crippen LogP contribution < -0.4 is 5.32 Å². The van der Waals surface area contributed by atoms with E-state index in [-0.39, 0.29) is 36.8 Å². The first-order valence-electron chi connectivity index (χ1n) is 8.90. The van der Waals surface area contributed by atoms with Gasteiger partial charge in [-0.05, 0) is 57.4 Å². The minimum atomic E-state index is -0.111. The lowest BCUT2D eigenvalue weighted by atomic mass is 10.0. The Morgan fingerprint density at radius 2 is 1.96 bits per heavy atom. The Balaban J connectivity index is 0.00000364. The Morgan fingerprint density at radius 1 is 1.29 bits per heavy atom. The fraction of sp³-hybridized carbons (Fsp3) is 0.450. The molecule has 28 heavy (non-hydrogen) atoms. The highest BCUT2D eigenvalue weighted by atomic mass is 35.5. The number of aliphatic imine (C=N–C) groups is 1. The Kier molecular flexibility index (Phi) is 11.3. The number of nitrogens with one attached hydrogen (secondary N) is 1. The molecule has 0 atom stereocenters. The van der Waals surface area contributed by atoms with E-state index < -0.39 is 0 Å². The van der Waals surface area contributed by atoms with Crippen LogP contribution in [0.15, 0.2) is 22.5 Å². The summed E-state index contributed by atoms with van der Waals surface area (Å²) in [6.07, 6.45) is 2.59. The standard InChI is InChI=1S/C20H28N4OS.2ClH/c1-7-24(6)12-21-17-9-14(4)16(8-15(17)5)10-19-23-18(11-26-19)20(25)22-13(2)3;;/h8-9,11-13H,7,10H2,1-6H3,(H,22,25);2*1H. The summed E-state index contributed by atoms with van der Waals surface area (Å²) in [5.74, 6) is -0.111. The van der Waals surface area contributed by atoms with Gasteiger partial charge in [0.15, 0.2) is 0 Å². The van der Waals surface area contributed by atoms with Crippen molar-refractivity contribution in [2.45, 2.75) is 47.1 Å². The minimum absolute atomic E-state index is 0. The van der Waals surface area contributed by atoms with Crippen LogP contribution in [-0.2, 0) is 6.42 Å². The molecule has 0 aliphatic heterocycles. The van der Waals surface area contributed by atoms with Gasteiger partial charge < -0.3 is 10.2 Å². The molecule has 1 heterocycles. The van der Waals surface area contributed by atoms with E-state index >= 15 is 0 Å². The Bertz CT molecular complexity index is 805. The monoisotopic (exact) mass is 444 g/mol. The summed E-state index contributed by atoms with van der Waals surface area (Å²) in [5.41, 5.74) is 5.03. The number of aryl methyl sites for hydroxylation is 2.